The second-order valence-electron chi connectivity index (χ2n) is 7.19. The highest BCUT2D eigenvalue weighted by Crippen LogP contribution is 2.30. The summed E-state index contributed by atoms with van der Waals surface area (Å²) in [4.78, 5) is 26.9. The number of hydrazine groups is 1. The predicted octanol–water partition coefficient (Wildman–Crippen LogP) is 1.59. The minimum atomic E-state index is -0.393. The highest BCUT2D eigenvalue weighted by Gasteiger charge is 2.22. The third-order valence-electron chi connectivity index (χ3n) is 5.14. The van der Waals surface area contributed by atoms with Gasteiger partial charge in [0.2, 0.25) is 0 Å². The quantitative estimate of drug-likeness (QED) is 0.665. The lowest BCUT2D eigenvalue weighted by molar-refractivity contribution is -0.124. The second kappa shape index (κ2) is 9.21. The normalized spacial score (nSPS) is 20.5. The number of hydrogen-bond donors (Lipinski definition) is 2. The van der Waals surface area contributed by atoms with Crippen molar-refractivity contribution in [2.75, 3.05) is 39.5 Å². The molecule has 0 saturated carbocycles. The Balaban J connectivity index is 1.45. The molecule has 2 aliphatic rings. The number of hydrogen-bond acceptors (Lipinski definition) is 6. The summed E-state index contributed by atoms with van der Waals surface area (Å²) in [5.74, 6) is -0.659. The van der Waals surface area contributed by atoms with Crippen LogP contribution in [0.25, 0.3) is 10.9 Å². The van der Waals surface area contributed by atoms with Crippen LogP contribution in [0.3, 0.4) is 0 Å². The first-order valence-electron chi connectivity index (χ1n) is 9.79. The van der Waals surface area contributed by atoms with E-state index in [1.54, 1.807) is 12.3 Å². The van der Waals surface area contributed by atoms with E-state index in [2.05, 4.69) is 31.9 Å². The van der Waals surface area contributed by atoms with E-state index in [-0.39, 0.29) is 18.7 Å². The number of benzene rings is 1. The predicted molar refractivity (Wildman–Crippen MR) is 109 cm³/mol. The summed E-state index contributed by atoms with van der Waals surface area (Å²) in [6, 6.07) is 3.65. The second-order valence-corrected chi connectivity index (χ2v) is 8.10. The average molecular weight is 466 g/mol. The maximum Gasteiger partial charge on any atom is 0.270 e. The largest absolute Gasteiger partial charge is 0.379 e. The zero-order valence-electron chi connectivity index (χ0n) is 16.0. The van der Waals surface area contributed by atoms with Crippen LogP contribution < -0.4 is 10.9 Å². The fraction of sp³-hybridized carbons (Fsp3) is 0.526. The number of amides is 2. The van der Waals surface area contributed by atoms with Gasteiger partial charge in [-0.25, -0.2) is 4.68 Å². The van der Waals surface area contributed by atoms with E-state index in [1.165, 1.54) is 0 Å². The molecule has 1 aromatic heterocycles. The molecule has 2 N–H and O–H groups in total. The Morgan fingerprint density at radius 2 is 2.00 bits per heavy atom. The lowest BCUT2D eigenvalue weighted by atomic mass is 10.1. The van der Waals surface area contributed by atoms with Crippen LogP contribution in [0.1, 0.15) is 35.8 Å². The summed E-state index contributed by atoms with van der Waals surface area (Å²) in [6.45, 7) is 3.57. The van der Waals surface area contributed by atoms with E-state index in [9.17, 15) is 9.59 Å². The zero-order valence-corrected chi connectivity index (χ0v) is 17.6. The van der Waals surface area contributed by atoms with Gasteiger partial charge in [0, 0.05) is 29.6 Å². The Labute approximate surface area is 176 Å². The van der Waals surface area contributed by atoms with Crippen LogP contribution in [-0.4, -0.2) is 65.9 Å². The molecule has 156 valence electrons. The number of halogens is 1. The van der Waals surface area contributed by atoms with Gasteiger partial charge in [0.25, 0.3) is 11.8 Å². The molecule has 9 nitrogen and oxygen atoms in total. The Hall–Kier alpha value is -2.01. The fourth-order valence-corrected chi connectivity index (χ4v) is 4.09. The monoisotopic (exact) mass is 465 g/mol. The van der Waals surface area contributed by atoms with Gasteiger partial charge >= 0.3 is 0 Å². The molecule has 29 heavy (non-hydrogen) atoms. The molecule has 3 heterocycles. The van der Waals surface area contributed by atoms with Gasteiger partial charge in [-0.1, -0.05) is 15.9 Å². The number of nitrogens with zero attached hydrogens (tertiary/aromatic N) is 3. The summed E-state index contributed by atoms with van der Waals surface area (Å²) in [7, 11) is 0. The van der Waals surface area contributed by atoms with Crippen molar-refractivity contribution in [2.24, 2.45) is 0 Å². The van der Waals surface area contributed by atoms with Crippen LogP contribution in [0.5, 0.6) is 0 Å². The molecule has 4 rings (SSSR count). The number of carbonyl (C=O) groups excluding carboxylic acids is 2. The summed E-state index contributed by atoms with van der Waals surface area (Å²) in [5, 5.41) is 5.17. The minimum Gasteiger partial charge on any atom is -0.379 e. The van der Waals surface area contributed by atoms with Crippen molar-refractivity contribution >= 4 is 38.6 Å². The third-order valence-corrected chi connectivity index (χ3v) is 5.60. The number of aromatic nitrogens is 2. The molecule has 0 radical (unpaired) electrons. The lowest BCUT2D eigenvalue weighted by Crippen LogP contribution is -2.48. The van der Waals surface area contributed by atoms with E-state index in [0.29, 0.717) is 43.9 Å². The van der Waals surface area contributed by atoms with Gasteiger partial charge in [-0.15, -0.1) is 0 Å². The highest BCUT2D eigenvalue weighted by atomic mass is 79.9. The Bertz CT molecular complexity index is 890. The molecule has 2 aliphatic heterocycles. The molecule has 2 fully saturated rings. The smallest absolute Gasteiger partial charge is 0.270 e. The summed E-state index contributed by atoms with van der Waals surface area (Å²) in [6.07, 6.45) is 4.58. The molecule has 2 aromatic rings. The van der Waals surface area contributed by atoms with Gasteiger partial charge in [0.15, 0.2) is 6.23 Å². The lowest BCUT2D eigenvalue weighted by Gasteiger charge is -2.25. The molecule has 0 spiro atoms. The first kappa shape index (κ1) is 20.3. The first-order valence-corrected chi connectivity index (χ1v) is 10.6. The molecule has 1 atom stereocenters. The molecule has 2 amide bonds. The first-order chi connectivity index (χ1) is 14.1. The highest BCUT2D eigenvalue weighted by molar-refractivity contribution is 9.10. The van der Waals surface area contributed by atoms with Gasteiger partial charge in [-0.3, -0.25) is 25.3 Å². The summed E-state index contributed by atoms with van der Waals surface area (Å²) < 4.78 is 13.7. The molecule has 1 aromatic carbocycles. The molecule has 10 heteroatoms. The van der Waals surface area contributed by atoms with Crippen molar-refractivity contribution in [1.82, 2.24) is 25.5 Å². The molecular formula is C19H24BrN5O4. The Morgan fingerprint density at radius 3 is 2.76 bits per heavy atom. The van der Waals surface area contributed by atoms with E-state index in [4.69, 9.17) is 9.47 Å². The SMILES string of the molecule is O=C(CN1CCOCC1)NNC(=O)c1cc(Br)cc2c1cnn2C1CCCCO1. The molecule has 0 bridgehead atoms. The zero-order chi connectivity index (χ0) is 20.2. The van der Waals surface area contributed by atoms with Gasteiger partial charge < -0.3 is 9.47 Å². The Kier molecular flexibility index (Phi) is 6.43. The molecule has 0 aliphatic carbocycles. The van der Waals surface area contributed by atoms with E-state index < -0.39 is 5.91 Å². The number of rotatable bonds is 4. The van der Waals surface area contributed by atoms with Gasteiger partial charge in [0.1, 0.15) is 0 Å². The number of fused-ring (bicyclic) bond motifs is 1. The Morgan fingerprint density at radius 1 is 1.17 bits per heavy atom. The van der Waals surface area contributed by atoms with Crippen LogP contribution >= 0.6 is 15.9 Å². The summed E-state index contributed by atoms with van der Waals surface area (Å²) in [5.41, 5.74) is 6.25. The van der Waals surface area contributed by atoms with E-state index >= 15 is 0 Å². The van der Waals surface area contributed by atoms with Crippen LogP contribution in [0.4, 0.5) is 0 Å². The fourth-order valence-electron chi connectivity index (χ4n) is 3.64. The maximum atomic E-state index is 12.7. The standard InChI is InChI=1S/C19H24BrN5O4/c20-13-9-14(19(27)23-22-17(26)12-24-4-7-28-8-5-24)15-11-21-25(16(15)10-13)18-3-1-2-6-29-18/h9-11,18H,1-8,12H2,(H,22,26)(H,23,27). The number of carbonyl (C=O) groups is 2. The van der Waals surface area contributed by atoms with Crippen molar-refractivity contribution in [3.8, 4) is 0 Å². The van der Waals surface area contributed by atoms with Crippen molar-refractivity contribution < 1.29 is 19.1 Å². The van der Waals surface area contributed by atoms with Crippen LogP contribution in [0, 0.1) is 0 Å². The van der Waals surface area contributed by atoms with Crippen LogP contribution in [0.2, 0.25) is 0 Å². The molecular weight excluding hydrogens is 442 g/mol. The van der Waals surface area contributed by atoms with Gasteiger partial charge in [0.05, 0.1) is 37.0 Å². The van der Waals surface area contributed by atoms with Crippen molar-refractivity contribution in [2.45, 2.75) is 25.5 Å². The van der Waals surface area contributed by atoms with Crippen LogP contribution in [-0.2, 0) is 14.3 Å². The molecule has 2 saturated heterocycles. The van der Waals surface area contributed by atoms with Crippen molar-refractivity contribution in [3.05, 3.63) is 28.4 Å². The van der Waals surface area contributed by atoms with E-state index in [0.717, 1.165) is 29.3 Å². The van der Waals surface area contributed by atoms with Gasteiger partial charge in [-0.2, -0.15) is 5.10 Å². The number of ether oxygens (including phenoxy) is 2. The van der Waals surface area contributed by atoms with E-state index in [1.807, 2.05) is 15.6 Å². The van der Waals surface area contributed by atoms with Crippen molar-refractivity contribution in [1.29, 1.82) is 0 Å². The van der Waals surface area contributed by atoms with Crippen LogP contribution in [0.15, 0.2) is 22.8 Å². The molecule has 1 unspecified atom stereocenters. The number of nitrogens with one attached hydrogen (secondary N) is 2. The third kappa shape index (κ3) is 4.77. The number of morpholine rings is 1. The minimum absolute atomic E-state index is 0.125. The topological polar surface area (TPSA) is 97.7 Å². The van der Waals surface area contributed by atoms with Crippen molar-refractivity contribution in [3.63, 3.8) is 0 Å². The van der Waals surface area contributed by atoms with Gasteiger partial charge in [-0.05, 0) is 31.4 Å². The summed E-state index contributed by atoms with van der Waals surface area (Å²) >= 11 is 3.47. The average Bonchev–Trinajstić information content (AvgIpc) is 3.16. The maximum absolute atomic E-state index is 12.7.